The van der Waals surface area contributed by atoms with Gasteiger partial charge in [0.05, 0.1) is 13.0 Å². The van der Waals surface area contributed by atoms with Gasteiger partial charge in [0.15, 0.2) is 0 Å². The molecule has 0 fully saturated rings. The molecule has 0 bridgehead atoms. The minimum absolute atomic E-state index is 0.0176. The topological polar surface area (TPSA) is 54.4 Å². The zero-order valence-corrected chi connectivity index (χ0v) is 14.5. The SMILES string of the molecule is CCC[Si](CC)(CCC)Cc1ccc(S(=O)(=O)O)cc1. The van der Waals surface area contributed by atoms with Crippen molar-refractivity contribution in [1.29, 1.82) is 0 Å². The van der Waals surface area contributed by atoms with Crippen LogP contribution < -0.4 is 0 Å². The highest BCUT2D eigenvalue weighted by Crippen LogP contribution is 2.28. The number of hydrogen-bond donors (Lipinski definition) is 1. The van der Waals surface area contributed by atoms with Crippen LogP contribution in [0.1, 0.15) is 39.2 Å². The van der Waals surface area contributed by atoms with E-state index in [4.69, 9.17) is 4.55 Å². The van der Waals surface area contributed by atoms with Gasteiger partial charge in [-0.05, 0) is 18.2 Å². The molecule has 0 aliphatic heterocycles. The van der Waals surface area contributed by atoms with Crippen molar-refractivity contribution in [3.05, 3.63) is 29.8 Å². The Morgan fingerprint density at radius 2 is 1.50 bits per heavy atom. The van der Waals surface area contributed by atoms with Gasteiger partial charge >= 0.3 is 0 Å². The van der Waals surface area contributed by atoms with Crippen molar-refractivity contribution >= 4 is 18.2 Å². The van der Waals surface area contributed by atoms with Gasteiger partial charge in [0.2, 0.25) is 0 Å². The summed E-state index contributed by atoms with van der Waals surface area (Å²) in [7, 11) is -5.36. The molecule has 0 amide bonds. The summed E-state index contributed by atoms with van der Waals surface area (Å²) < 4.78 is 31.1. The second-order valence-electron chi connectivity index (χ2n) is 5.65. The lowest BCUT2D eigenvalue weighted by Gasteiger charge is -2.30. The Hall–Kier alpha value is -0.653. The summed E-state index contributed by atoms with van der Waals surface area (Å²) in [4.78, 5) is -0.0176. The molecule has 3 nitrogen and oxygen atoms in total. The van der Waals surface area contributed by atoms with E-state index in [0.717, 1.165) is 6.04 Å². The van der Waals surface area contributed by atoms with Crippen molar-refractivity contribution in [3.63, 3.8) is 0 Å². The third kappa shape index (κ3) is 4.72. The monoisotopic (exact) mass is 314 g/mol. The Kier molecular flexibility index (Phi) is 6.42. The second-order valence-corrected chi connectivity index (χ2v) is 12.1. The third-order valence-electron chi connectivity index (χ3n) is 4.11. The minimum atomic E-state index is -4.08. The molecule has 0 aliphatic carbocycles. The average Bonchev–Trinajstić information content (AvgIpc) is 2.39. The summed E-state index contributed by atoms with van der Waals surface area (Å²) in [5, 5.41) is 0. The van der Waals surface area contributed by atoms with Crippen molar-refractivity contribution in [3.8, 4) is 0 Å². The highest BCUT2D eigenvalue weighted by Gasteiger charge is 2.29. The first-order valence-corrected chi connectivity index (χ1v) is 11.7. The van der Waals surface area contributed by atoms with Crippen molar-refractivity contribution in [2.75, 3.05) is 0 Å². The summed E-state index contributed by atoms with van der Waals surface area (Å²) in [6.07, 6.45) is 2.45. The Morgan fingerprint density at radius 1 is 1.00 bits per heavy atom. The fourth-order valence-electron chi connectivity index (χ4n) is 3.05. The number of benzene rings is 1. The molecule has 114 valence electrons. The molecule has 0 radical (unpaired) electrons. The van der Waals surface area contributed by atoms with Gasteiger partial charge in [-0.15, -0.1) is 0 Å². The van der Waals surface area contributed by atoms with E-state index in [1.807, 2.05) is 12.1 Å². The van der Waals surface area contributed by atoms with Gasteiger partial charge in [0, 0.05) is 0 Å². The lowest BCUT2D eigenvalue weighted by molar-refractivity contribution is 0.483. The highest BCUT2D eigenvalue weighted by atomic mass is 32.2. The van der Waals surface area contributed by atoms with Gasteiger partial charge < -0.3 is 0 Å². The molecule has 1 aromatic carbocycles. The predicted molar refractivity (Wildman–Crippen MR) is 86.4 cm³/mol. The fourth-order valence-corrected chi connectivity index (χ4v) is 8.32. The predicted octanol–water partition coefficient (Wildman–Crippen LogP) is 4.30. The van der Waals surface area contributed by atoms with Crippen molar-refractivity contribution in [2.24, 2.45) is 0 Å². The lowest BCUT2D eigenvalue weighted by atomic mass is 10.2. The summed E-state index contributed by atoms with van der Waals surface area (Å²) in [6, 6.07) is 11.8. The van der Waals surface area contributed by atoms with Crippen LogP contribution in [0.15, 0.2) is 29.2 Å². The van der Waals surface area contributed by atoms with Crippen LogP contribution >= 0.6 is 0 Å². The molecule has 0 atom stereocenters. The van der Waals surface area contributed by atoms with Gasteiger partial charge in [-0.2, -0.15) is 8.42 Å². The Labute approximate surface area is 124 Å². The fraction of sp³-hybridized carbons (Fsp3) is 0.600. The van der Waals surface area contributed by atoms with Crippen LogP contribution in [0.5, 0.6) is 0 Å². The first-order valence-electron chi connectivity index (χ1n) is 7.43. The molecule has 0 aliphatic rings. The summed E-state index contributed by atoms with van der Waals surface area (Å²) in [6.45, 7) is 6.78. The summed E-state index contributed by atoms with van der Waals surface area (Å²) >= 11 is 0. The van der Waals surface area contributed by atoms with E-state index < -0.39 is 18.2 Å². The van der Waals surface area contributed by atoms with Crippen LogP contribution in [0.3, 0.4) is 0 Å². The molecule has 0 saturated carbocycles. The van der Waals surface area contributed by atoms with Gasteiger partial charge in [0.25, 0.3) is 10.1 Å². The van der Waals surface area contributed by atoms with Crippen molar-refractivity contribution in [2.45, 2.75) is 62.7 Å². The quantitative estimate of drug-likeness (QED) is 0.575. The Balaban J connectivity index is 2.94. The Bertz CT molecular complexity index is 502. The first-order chi connectivity index (χ1) is 9.37. The van der Waals surface area contributed by atoms with Crippen LogP contribution in [0.25, 0.3) is 0 Å². The molecule has 20 heavy (non-hydrogen) atoms. The maximum absolute atomic E-state index is 11.1. The van der Waals surface area contributed by atoms with Crippen LogP contribution in [0.4, 0.5) is 0 Å². The van der Waals surface area contributed by atoms with E-state index in [1.165, 1.54) is 48.7 Å². The molecule has 0 aromatic heterocycles. The minimum Gasteiger partial charge on any atom is -0.282 e. The largest absolute Gasteiger partial charge is 0.294 e. The van der Waals surface area contributed by atoms with Gasteiger partial charge in [-0.3, -0.25) is 4.55 Å². The van der Waals surface area contributed by atoms with Crippen LogP contribution in [0.2, 0.25) is 18.1 Å². The zero-order valence-electron chi connectivity index (χ0n) is 12.7. The third-order valence-corrected chi connectivity index (χ3v) is 10.8. The molecular formula is C15H26O3SSi. The standard InChI is InChI=1S/C15H26O3SSi/c1-4-11-20(6-3,12-5-2)13-14-7-9-15(10-8-14)19(16,17)18/h7-10H,4-6,11-13H2,1-3H3,(H,16,17,18). The maximum atomic E-state index is 11.1. The molecule has 1 N–H and O–H groups in total. The Morgan fingerprint density at radius 3 is 1.85 bits per heavy atom. The zero-order chi connectivity index (χ0) is 15.2. The van der Waals surface area contributed by atoms with E-state index in [0.29, 0.717) is 0 Å². The normalized spacial score (nSPS) is 12.6. The van der Waals surface area contributed by atoms with E-state index in [-0.39, 0.29) is 4.90 Å². The van der Waals surface area contributed by atoms with E-state index in [2.05, 4.69) is 20.8 Å². The second kappa shape index (κ2) is 7.38. The molecule has 1 rings (SSSR count). The molecule has 1 aromatic rings. The van der Waals surface area contributed by atoms with E-state index in [1.54, 1.807) is 0 Å². The number of rotatable bonds is 8. The summed E-state index contributed by atoms with van der Waals surface area (Å²) in [5.74, 6) is 0. The maximum Gasteiger partial charge on any atom is 0.294 e. The van der Waals surface area contributed by atoms with Crippen molar-refractivity contribution < 1.29 is 13.0 Å². The van der Waals surface area contributed by atoms with Crippen molar-refractivity contribution in [1.82, 2.24) is 0 Å². The van der Waals surface area contributed by atoms with Crippen LogP contribution in [0, 0.1) is 0 Å². The molecule has 0 unspecified atom stereocenters. The molecule has 5 heteroatoms. The smallest absolute Gasteiger partial charge is 0.282 e. The molecular weight excluding hydrogens is 288 g/mol. The molecule has 0 spiro atoms. The van der Waals surface area contributed by atoms with Gasteiger partial charge in [0.1, 0.15) is 0 Å². The average molecular weight is 315 g/mol. The van der Waals surface area contributed by atoms with E-state index in [9.17, 15) is 8.42 Å². The lowest BCUT2D eigenvalue weighted by Crippen LogP contribution is -2.36. The van der Waals surface area contributed by atoms with Gasteiger partial charge in [-0.1, -0.05) is 69.4 Å². The number of hydrogen-bond acceptors (Lipinski definition) is 2. The van der Waals surface area contributed by atoms with Gasteiger partial charge in [-0.25, -0.2) is 0 Å². The molecule has 0 saturated heterocycles. The molecule has 0 heterocycles. The van der Waals surface area contributed by atoms with Crippen LogP contribution in [-0.4, -0.2) is 21.0 Å². The van der Waals surface area contributed by atoms with E-state index >= 15 is 0 Å². The highest BCUT2D eigenvalue weighted by molar-refractivity contribution is 7.85. The van der Waals surface area contributed by atoms with Crippen LogP contribution in [-0.2, 0) is 16.2 Å². The summed E-state index contributed by atoms with van der Waals surface area (Å²) in [5.41, 5.74) is 1.20. The first kappa shape index (κ1) is 17.4.